The first-order valence-electron chi connectivity index (χ1n) is 6.85. The van der Waals surface area contributed by atoms with Crippen LogP contribution in [-0.2, 0) is 9.53 Å². The Balaban J connectivity index is 2.52. The van der Waals surface area contributed by atoms with Gasteiger partial charge in [0, 0.05) is 32.7 Å². The molecule has 106 valence electrons. The molecule has 0 bridgehead atoms. The maximum Gasteiger partial charge on any atom is 0.226 e. The van der Waals surface area contributed by atoms with Crippen molar-refractivity contribution in [2.24, 2.45) is 23.0 Å². The lowest BCUT2D eigenvalue weighted by molar-refractivity contribution is -0.135. The van der Waals surface area contributed by atoms with Crippen molar-refractivity contribution in [3.63, 3.8) is 0 Å². The van der Waals surface area contributed by atoms with E-state index in [1.165, 1.54) is 0 Å². The van der Waals surface area contributed by atoms with Gasteiger partial charge in [0.15, 0.2) is 0 Å². The maximum absolute atomic E-state index is 12.4. The summed E-state index contributed by atoms with van der Waals surface area (Å²) in [5, 5.41) is 0. The second kappa shape index (κ2) is 6.53. The lowest BCUT2D eigenvalue weighted by atomic mass is 9.84. The summed E-state index contributed by atoms with van der Waals surface area (Å²) in [6.45, 7) is 9.33. The molecule has 2 atom stereocenters. The molecule has 0 aromatic carbocycles. The summed E-state index contributed by atoms with van der Waals surface area (Å²) in [7, 11) is 1.72. The standard InChI is InChI=1S/C14H28N2O2/c1-14(2,3)7-12(8-15)13(17)16-6-5-11(9-16)10-18-4/h11-12H,5-10,15H2,1-4H3. The van der Waals surface area contributed by atoms with E-state index in [9.17, 15) is 4.79 Å². The van der Waals surface area contributed by atoms with E-state index >= 15 is 0 Å². The smallest absolute Gasteiger partial charge is 0.226 e. The minimum atomic E-state index is -0.0358. The van der Waals surface area contributed by atoms with Crippen molar-refractivity contribution < 1.29 is 9.53 Å². The third-order valence-corrected chi connectivity index (χ3v) is 3.49. The van der Waals surface area contributed by atoms with Gasteiger partial charge < -0.3 is 15.4 Å². The van der Waals surface area contributed by atoms with E-state index in [1.807, 2.05) is 4.90 Å². The van der Waals surface area contributed by atoms with Crippen molar-refractivity contribution in [1.82, 2.24) is 4.90 Å². The normalized spacial score (nSPS) is 22.3. The van der Waals surface area contributed by atoms with Gasteiger partial charge in [0.1, 0.15) is 0 Å². The van der Waals surface area contributed by atoms with Gasteiger partial charge in [-0.2, -0.15) is 0 Å². The highest BCUT2D eigenvalue weighted by atomic mass is 16.5. The second-order valence-electron chi connectivity index (χ2n) is 6.59. The fourth-order valence-electron chi connectivity index (χ4n) is 2.67. The molecule has 4 heteroatoms. The zero-order valence-electron chi connectivity index (χ0n) is 12.2. The Morgan fingerprint density at radius 2 is 2.17 bits per heavy atom. The number of carbonyl (C=O) groups excluding carboxylic acids is 1. The third kappa shape index (κ3) is 4.58. The van der Waals surface area contributed by atoms with E-state index < -0.39 is 0 Å². The number of hydrogen-bond donors (Lipinski definition) is 1. The van der Waals surface area contributed by atoms with Gasteiger partial charge >= 0.3 is 0 Å². The molecule has 0 saturated carbocycles. The van der Waals surface area contributed by atoms with Crippen LogP contribution in [0.15, 0.2) is 0 Å². The molecule has 1 saturated heterocycles. The van der Waals surface area contributed by atoms with Crippen LogP contribution < -0.4 is 5.73 Å². The van der Waals surface area contributed by atoms with Crippen LogP contribution in [0.3, 0.4) is 0 Å². The van der Waals surface area contributed by atoms with Gasteiger partial charge in [-0.15, -0.1) is 0 Å². The van der Waals surface area contributed by atoms with Crippen molar-refractivity contribution >= 4 is 5.91 Å². The quantitative estimate of drug-likeness (QED) is 0.811. The number of nitrogens with zero attached hydrogens (tertiary/aromatic N) is 1. The number of rotatable bonds is 5. The minimum Gasteiger partial charge on any atom is -0.384 e. The number of hydrogen-bond acceptors (Lipinski definition) is 3. The molecule has 1 rings (SSSR count). The Morgan fingerprint density at radius 1 is 1.50 bits per heavy atom. The predicted molar refractivity (Wildman–Crippen MR) is 73.2 cm³/mol. The Labute approximate surface area is 111 Å². The summed E-state index contributed by atoms with van der Waals surface area (Å²) < 4.78 is 5.16. The third-order valence-electron chi connectivity index (χ3n) is 3.49. The molecule has 1 amide bonds. The van der Waals surface area contributed by atoms with Gasteiger partial charge in [-0.1, -0.05) is 20.8 Å². The van der Waals surface area contributed by atoms with Gasteiger partial charge in [-0.25, -0.2) is 0 Å². The first-order valence-corrected chi connectivity index (χ1v) is 6.85. The van der Waals surface area contributed by atoms with E-state index in [-0.39, 0.29) is 17.2 Å². The van der Waals surface area contributed by atoms with Crippen molar-refractivity contribution in [2.75, 3.05) is 33.4 Å². The zero-order valence-corrected chi connectivity index (χ0v) is 12.2. The van der Waals surface area contributed by atoms with Gasteiger partial charge in [0.05, 0.1) is 12.5 Å². The average Bonchev–Trinajstić information content (AvgIpc) is 2.73. The number of amides is 1. The molecule has 0 aliphatic carbocycles. The van der Waals surface area contributed by atoms with Crippen molar-refractivity contribution in [2.45, 2.75) is 33.6 Å². The molecule has 0 radical (unpaired) electrons. The number of nitrogens with two attached hydrogens (primary N) is 1. The van der Waals surface area contributed by atoms with Gasteiger partial charge in [-0.3, -0.25) is 4.79 Å². The summed E-state index contributed by atoms with van der Waals surface area (Å²) in [6, 6.07) is 0. The number of likely N-dealkylation sites (tertiary alicyclic amines) is 1. The molecule has 0 aromatic rings. The lowest BCUT2D eigenvalue weighted by Crippen LogP contribution is -2.39. The number of methoxy groups -OCH3 is 1. The Kier molecular flexibility index (Phi) is 5.60. The van der Waals surface area contributed by atoms with E-state index in [4.69, 9.17) is 10.5 Å². The molecule has 1 heterocycles. The first-order chi connectivity index (χ1) is 8.37. The SMILES string of the molecule is COCC1CCN(C(=O)C(CN)CC(C)(C)C)C1. The van der Waals surface area contributed by atoms with Crippen LogP contribution in [0, 0.1) is 17.3 Å². The summed E-state index contributed by atoms with van der Waals surface area (Å²) in [5.41, 5.74) is 5.91. The molecule has 1 aliphatic rings. The summed E-state index contributed by atoms with van der Waals surface area (Å²) in [4.78, 5) is 14.4. The zero-order chi connectivity index (χ0) is 13.8. The van der Waals surface area contributed by atoms with Crippen LogP contribution in [0.1, 0.15) is 33.6 Å². The number of carbonyl (C=O) groups is 1. The van der Waals surface area contributed by atoms with Crippen LogP contribution in [0.2, 0.25) is 0 Å². The fraction of sp³-hybridized carbons (Fsp3) is 0.929. The highest BCUT2D eigenvalue weighted by Gasteiger charge is 2.32. The molecule has 4 nitrogen and oxygen atoms in total. The minimum absolute atomic E-state index is 0.0358. The summed E-state index contributed by atoms with van der Waals surface area (Å²) in [5.74, 6) is 0.685. The van der Waals surface area contributed by atoms with Crippen molar-refractivity contribution in [1.29, 1.82) is 0 Å². The van der Waals surface area contributed by atoms with E-state index in [0.29, 0.717) is 12.5 Å². The Bertz CT molecular complexity index is 273. The monoisotopic (exact) mass is 256 g/mol. The molecule has 0 spiro atoms. The largest absolute Gasteiger partial charge is 0.384 e. The van der Waals surface area contributed by atoms with Crippen molar-refractivity contribution in [3.05, 3.63) is 0 Å². The molecular formula is C14H28N2O2. The first kappa shape index (κ1) is 15.4. The molecule has 0 aromatic heterocycles. The molecule has 2 unspecified atom stereocenters. The maximum atomic E-state index is 12.4. The Hall–Kier alpha value is -0.610. The van der Waals surface area contributed by atoms with Crippen LogP contribution in [-0.4, -0.2) is 44.2 Å². The van der Waals surface area contributed by atoms with Gasteiger partial charge in [-0.05, 0) is 18.3 Å². The second-order valence-corrected chi connectivity index (χ2v) is 6.59. The van der Waals surface area contributed by atoms with Crippen LogP contribution >= 0.6 is 0 Å². The van der Waals surface area contributed by atoms with Gasteiger partial charge in [0.2, 0.25) is 5.91 Å². The highest BCUT2D eigenvalue weighted by Crippen LogP contribution is 2.27. The Morgan fingerprint density at radius 3 is 2.67 bits per heavy atom. The van der Waals surface area contributed by atoms with Crippen LogP contribution in [0.4, 0.5) is 0 Å². The fourth-order valence-corrected chi connectivity index (χ4v) is 2.67. The molecule has 1 aliphatic heterocycles. The lowest BCUT2D eigenvalue weighted by Gasteiger charge is -2.28. The summed E-state index contributed by atoms with van der Waals surface area (Å²) >= 11 is 0. The molecular weight excluding hydrogens is 228 g/mol. The highest BCUT2D eigenvalue weighted by molar-refractivity contribution is 5.79. The summed E-state index contributed by atoms with van der Waals surface area (Å²) in [6.07, 6.45) is 1.90. The molecule has 18 heavy (non-hydrogen) atoms. The average molecular weight is 256 g/mol. The van der Waals surface area contributed by atoms with Crippen LogP contribution in [0.25, 0.3) is 0 Å². The van der Waals surface area contributed by atoms with E-state index in [0.717, 1.165) is 32.5 Å². The predicted octanol–water partition coefficient (Wildman–Crippen LogP) is 1.49. The van der Waals surface area contributed by atoms with Crippen molar-refractivity contribution in [3.8, 4) is 0 Å². The van der Waals surface area contributed by atoms with Crippen LogP contribution in [0.5, 0.6) is 0 Å². The number of ether oxygens (including phenoxy) is 1. The van der Waals surface area contributed by atoms with Gasteiger partial charge in [0.25, 0.3) is 0 Å². The molecule has 2 N–H and O–H groups in total. The topological polar surface area (TPSA) is 55.6 Å². The van der Waals surface area contributed by atoms with E-state index in [2.05, 4.69) is 20.8 Å². The van der Waals surface area contributed by atoms with E-state index in [1.54, 1.807) is 7.11 Å². The molecule has 1 fully saturated rings.